The molecule has 88 valence electrons. The molecular weight excluding hydrogens is 196 g/mol. The van der Waals surface area contributed by atoms with E-state index in [1.54, 1.807) is 0 Å². The third-order valence-corrected chi connectivity index (χ3v) is 3.75. The number of nitrogens with two attached hydrogens (primary N) is 2. The van der Waals surface area contributed by atoms with Crippen molar-refractivity contribution in [3.05, 3.63) is 35.4 Å². The van der Waals surface area contributed by atoms with Gasteiger partial charge in [-0.1, -0.05) is 29.8 Å². The van der Waals surface area contributed by atoms with Crippen LogP contribution in [0.25, 0.3) is 0 Å². The highest BCUT2D eigenvalue weighted by Crippen LogP contribution is 2.32. The Kier molecular flexibility index (Phi) is 3.62. The Labute approximate surface area is 98.0 Å². The SMILES string of the molecule is Cc1cccc(C(N)C2CCC(N)CC2)c1. The molecule has 1 aromatic rings. The molecule has 1 aliphatic rings. The maximum Gasteiger partial charge on any atom is 0.0323 e. The zero-order valence-corrected chi connectivity index (χ0v) is 10.0. The molecule has 0 bridgehead atoms. The van der Waals surface area contributed by atoms with Crippen LogP contribution in [0.1, 0.15) is 42.9 Å². The van der Waals surface area contributed by atoms with Gasteiger partial charge in [-0.05, 0) is 44.1 Å². The molecule has 1 unspecified atom stereocenters. The quantitative estimate of drug-likeness (QED) is 0.801. The van der Waals surface area contributed by atoms with Crippen molar-refractivity contribution >= 4 is 0 Å². The van der Waals surface area contributed by atoms with Crippen LogP contribution < -0.4 is 11.5 Å². The summed E-state index contributed by atoms with van der Waals surface area (Å²) in [6.45, 7) is 2.12. The van der Waals surface area contributed by atoms with Gasteiger partial charge in [-0.25, -0.2) is 0 Å². The van der Waals surface area contributed by atoms with Gasteiger partial charge in [0.05, 0.1) is 0 Å². The van der Waals surface area contributed by atoms with Crippen LogP contribution in [0.4, 0.5) is 0 Å². The number of benzene rings is 1. The lowest BCUT2D eigenvalue weighted by atomic mass is 9.80. The first-order valence-electron chi connectivity index (χ1n) is 6.24. The molecule has 0 radical (unpaired) electrons. The molecule has 0 aliphatic heterocycles. The van der Waals surface area contributed by atoms with Crippen LogP contribution in [-0.4, -0.2) is 6.04 Å². The molecule has 2 nitrogen and oxygen atoms in total. The Morgan fingerprint density at radius 1 is 1.19 bits per heavy atom. The van der Waals surface area contributed by atoms with Gasteiger partial charge in [-0.2, -0.15) is 0 Å². The Morgan fingerprint density at radius 2 is 1.88 bits per heavy atom. The summed E-state index contributed by atoms with van der Waals surface area (Å²) in [4.78, 5) is 0. The third kappa shape index (κ3) is 2.63. The number of rotatable bonds is 2. The summed E-state index contributed by atoms with van der Waals surface area (Å²) < 4.78 is 0. The van der Waals surface area contributed by atoms with E-state index in [-0.39, 0.29) is 6.04 Å². The molecule has 0 aromatic heterocycles. The monoisotopic (exact) mass is 218 g/mol. The summed E-state index contributed by atoms with van der Waals surface area (Å²) in [6.07, 6.45) is 4.61. The summed E-state index contributed by atoms with van der Waals surface area (Å²) >= 11 is 0. The van der Waals surface area contributed by atoms with Crippen molar-refractivity contribution in [1.29, 1.82) is 0 Å². The molecule has 2 rings (SSSR count). The van der Waals surface area contributed by atoms with Crippen molar-refractivity contribution in [2.75, 3.05) is 0 Å². The molecule has 1 atom stereocenters. The summed E-state index contributed by atoms with van der Waals surface area (Å²) in [5.41, 5.74) is 14.8. The molecule has 0 spiro atoms. The van der Waals surface area contributed by atoms with E-state index in [1.165, 1.54) is 24.0 Å². The highest BCUT2D eigenvalue weighted by atomic mass is 14.7. The minimum atomic E-state index is 0.187. The number of aryl methyl sites for hydroxylation is 1. The largest absolute Gasteiger partial charge is 0.328 e. The van der Waals surface area contributed by atoms with Crippen molar-refractivity contribution in [3.8, 4) is 0 Å². The first-order chi connectivity index (χ1) is 7.66. The van der Waals surface area contributed by atoms with Gasteiger partial charge in [0.2, 0.25) is 0 Å². The van der Waals surface area contributed by atoms with Crippen molar-refractivity contribution in [1.82, 2.24) is 0 Å². The van der Waals surface area contributed by atoms with Crippen molar-refractivity contribution in [2.24, 2.45) is 17.4 Å². The van der Waals surface area contributed by atoms with Gasteiger partial charge < -0.3 is 11.5 Å². The van der Waals surface area contributed by atoms with Gasteiger partial charge >= 0.3 is 0 Å². The molecule has 4 N–H and O–H groups in total. The second-order valence-electron chi connectivity index (χ2n) is 5.11. The third-order valence-electron chi connectivity index (χ3n) is 3.75. The van der Waals surface area contributed by atoms with E-state index in [1.807, 2.05) is 0 Å². The summed E-state index contributed by atoms with van der Waals surface area (Å²) in [5.74, 6) is 0.613. The Bertz CT molecular complexity index is 340. The van der Waals surface area contributed by atoms with Gasteiger partial charge in [0.1, 0.15) is 0 Å². The average Bonchev–Trinajstić information content (AvgIpc) is 2.29. The molecule has 1 saturated carbocycles. The molecule has 16 heavy (non-hydrogen) atoms. The minimum absolute atomic E-state index is 0.187. The lowest BCUT2D eigenvalue weighted by Crippen LogP contribution is -2.31. The van der Waals surface area contributed by atoms with Gasteiger partial charge in [0, 0.05) is 12.1 Å². The van der Waals surface area contributed by atoms with Crippen molar-refractivity contribution in [3.63, 3.8) is 0 Å². The zero-order valence-electron chi connectivity index (χ0n) is 10.0. The summed E-state index contributed by atoms with van der Waals surface area (Å²) in [7, 11) is 0. The minimum Gasteiger partial charge on any atom is -0.328 e. The fourth-order valence-corrected chi connectivity index (χ4v) is 2.65. The van der Waals surface area contributed by atoms with Crippen LogP contribution in [0, 0.1) is 12.8 Å². The van der Waals surface area contributed by atoms with Crippen LogP contribution in [-0.2, 0) is 0 Å². The molecule has 1 aromatic carbocycles. The highest BCUT2D eigenvalue weighted by molar-refractivity contribution is 5.25. The molecule has 1 fully saturated rings. The van der Waals surface area contributed by atoms with Crippen LogP contribution in [0.2, 0.25) is 0 Å². The lowest BCUT2D eigenvalue weighted by molar-refractivity contribution is 0.285. The smallest absolute Gasteiger partial charge is 0.0323 e. The van der Waals surface area contributed by atoms with Crippen LogP contribution in [0.15, 0.2) is 24.3 Å². The lowest BCUT2D eigenvalue weighted by Gasteiger charge is -2.30. The normalized spacial score (nSPS) is 27.7. The molecule has 0 saturated heterocycles. The topological polar surface area (TPSA) is 52.0 Å². The van der Waals surface area contributed by atoms with Gasteiger partial charge in [-0.3, -0.25) is 0 Å². The summed E-state index contributed by atoms with van der Waals surface area (Å²) in [5, 5.41) is 0. The fourth-order valence-electron chi connectivity index (χ4n) is 2.65. The van der Waals surface area contributed by atoms with E-state index in [2.05, 4.69) is 31.2 Å². The molecule has 2 heteroatoms. The maximum atomic E-state index is 6.34. The standard InChI is InChI=1S/C14H22N2/c1-10-3-2-4-12(9-10)14(16)11-5-7-13(15)8-6-11/h2-4,9,11,13-14H,5-8,15-16H2,1H3. The van der Waals surface area contributed by atoms with E-state index in [0.717, 1.165) is 12.8 Å². The van der Waals surface area contributed by atoms with Crippen LogP contribution in [0.5, 0.6) is 0 Å². The highest BCUT2D eigenvalue weighted by Gasteiger charge is 2.24. The zero-order chi connectivity index (χ0) is 11.5. The molecule has 1 aliphatic carbocycles. The Balaban J connectivity index is 2.04. The van der Waals surface area contributed by atoms with E-state index >= 15 is 0 Å². The van der Waals surface area contributed by atoms with E-state index in [0.29, 0.717) is 12.0 Å². The first-order valence-corrected chi connectivity index (χ1v) is 6.24. The van der Waals surface area contributed by atoms with Gasteiger partial charge in [-0.15, -0.1) is 0 Å². The fraction of sp³-hybridized carbons (Fsp3) is 0.571. The number of hydrogen-bond donors (Lipinski definition) is 2. The number of hydrogen-bond acceptors (Lipinski definition) is 2. The Hall–Kier alpha value is -0.860. The second kappa shape index (κ2) is 4.98. The van der Waals surface area contributed by atoms with Crippen molar-refractivity contribution < 1.29 is 0 Å². The summed E-state index contributed by atoms with van der Waals surface area (Å²) in [6, 6.07) is 9.16. The van der Waals surface area contributed by atoms with Gasteiger partial charge in [0.15, 0.2) is 0 Å². The van der Waals surface area contributed by atoms with Gasteiger partial charge in [0.25, 0.3) is 0 Å². The van der Waals surface area contributed by atoms with E-state index in [9.17, 15) is 0 Å². The predicted molar refractivity (Wildman–Crippen MR) is 68.0 cm³/mol. The predicted octanol–water partition coefficient (Wildman–Crippen LogP) is 2.51. The maximum absolute atomic E-state index is 6.34. The second-order valence-corrected chi connectivity index (χ2v) is 5.11. The van der Waals surface area contributed by atoms with E-state index in [4.69, 9.17) is 11.5 Å². The Morgan fingerprint density at radius 3 is 2.50 bits per heavy atom. The molecule has 0 heterocycles. The van der Waals surface area contributed by atoms with Crippen molar-refractivity contribution in [2.45, 2.75) is 44.7 Å². The van der Waals surface area contributed by atoms with Crippen LogP contribution >= 0.6 is 0 Å². The molecule has 0 amide bonds. The average molecular weight is 218 g/mol. The molecular formula is C14H22N2. The van der Waals surface area contributed by atoms with E-state index < -0.39 is 0 Å². The van der Waals surface area contributed by atoms with Crippen LogP contribution in [0.3, 0.4) is 0 Å². The first kappa shape index (κ1) is 11.6.